The third-order valence-corrected chi connectivity index (χ3v) is 4.06. The molecule has 0 bridgehead atoms. The minimum Gasteiger partial charge on any atom is -0.481 e. The minimum absolute atomic E-state index is 0.108. The van der Waals surface area contributed by atoms with Crippen LogP contribution < -0.4 is 5.73 Å². The van der Waals surface area contributed by atoms with Crippen molar-refractivity contribution in [1.29, 1.82) is 0 Å². The van der Waals surface area contributed by atoms with Crippen molar-refractivity contribution in [2.75, 3.05) is 0 Å². The number of aliphatic carboxylic acids is 2. The monoisotopic (exact) mass is 289 g/mol. The van der Waals surface area contributed by atoms with E-state index in [0.29, 0.717) is 0 Å². The molecule has 0 aromatic heterocycles. The molecule has 0 saturated carbocycles. The maximum absolute atomic E-state index is 11.3. The molecule has 2 atom stereocenters. The standard InChI is InChI=1S/C10H12NO7P/c11-10(9(14)15,19(16,17)18)7(8(12)13)6-4-2-1-3-5-6/h1-5,7H,11H2,(H,12,13)(H,14,15)(H2,16,17,18). The highest BCUT2D eigenvalue weighted by Crippen LogP contribution is 2.54. The van der Waals surface area contributed by atoms with Gasteiger partial charge in [-0.2, -0.15) is 0 Å². The van der Waals surface area contributed by atoms with Gasteiger partial charge in [0.1, 0.15) is 5.92 Å². The van der Waals surface area contributed by atoms with E-state index < -0.39 is 30.7 Å². The van der Waals surface area contributed by atoms with Crippen LogP contribution in [0.15, 0.2) is 30.3 Å². The molecule has 0 heterocycles. The fraction of sp³-hybridized carbons (Fsp3) is 0.200. The maximum Gasteiger partial charge on any atom is 0.357 e. The normalized spacial score (nSPS) is 16.4. The summed E-state index contributed by atoms with van der Waals surface area (Å²) in [4.78, 5) is 40.6. The Morgan fingerprint density at radius 2 is 1.63 bits per heavy atom. The Kier molecular flexibility index (Phi) is 4.12. The van der Waals surface area contributed by atoms with Crippen molar-refractivity contribution in [2.24, 2.45) is 5.73 Å². The third-order valence-electron chi connectivity index (χ3n) is 2.64. The number of carbonyl (C=O) groups is 2. The van der Waals surface area contributed by atoms with Gasteiger partial charge in [-0.05, 0) is 5.56 Å². The number of hydrogen-bond donors (Lipinski definition) is 5. The van der Waals surface area contributed by atoms with E-state index in [4.69, 9.17) is 25.7 Å². The summed E-state index contributed by atoms with van der Waals surface area (Å²) in [6, 6.07) is 6.83. The lowest BCUT2D eigenvalue weighted by Gasteiger charge is -2.31. The predicted octanol–water partition coefficient (Wildman–Crippen LogP) is -0.228. The molecule has 0 spiro atoms. The van der Waals surface area contributed by atoms with Crippen LogP contribution in [0.1, 0.15) is 11.5 Å². The molecule has 0 amide bonds. The molecule has 6 N–H and O–H groups in total. The first-order chi connectivity index (χ1) is 8.62. The van der Waals surface area contributed by atoms with Crippen LogP contribution in [-0.2, 0) is 14.2 Å². The number of hydrogen-bond acceptors (Lipinski definition) is 4. The number of benzene rings is 1. The van der Waals surface area contributed by atoms with Gasteiger partial charge in [0.2, 0.25) is 5.28 Å². The maximum atomic E-state index is 11.3. The quantitative estimate of drug-likeness (QED) is 0.465. The number of rotatable bonds is 5. The second kappa shape index (κ2) is 5.10. The lowest BCUT2D eigenvalue weighted by Crippen LogP contribution is -2.54. The Labute approximate surface area is 107 Å². The van der Waals surface area contributed by atoms with Crippen LogP contribution in [0.3, 0.4) is 0 Å². The largest absolute Gasteiger partial charge is 0.481 e. The van der Waals surface area contributed by atoms with Crippen LogP contribution >= 0.6 is 7.60 Å². The molecule has 0 aliphatic carbocycles. The summed E-state index contributed by atoms with van der Waals surface area (Å²) < 4.78 is 11.3. The smallest absolute Gasteiger partial charge is 0.357 e. The number of carboxylic acid groups (broad SMARTS) is 2. The van der Waals surface area contributed by atoms with Crippen LogP contribution in [0.4, 0.5) is 0 Å². The second-order valence-corrected chi connectivity index (χ2v) is 5.68. The molecule has 0 radical (unpaired) electrons. The summed E-state index contributed by atoms with van der Waals surface area (Å²) in [6.07, 6.45) is 0. The Hall–Kier alpha value is -1.73. The molecule has 0 saturated heterocycles. The lowest BCUT2D eigenvalue weighted by atomic mass is 9.91. The fourth-order valence-corrected chi connectivity index (χ4v) is 2.49. The van der Waals surface area contributed by atoms with Crippen molar-refractivity contribution in [3.05, 3.63) is 35.9 Å². The van der Waals surface area contributed by atoms with Gasteiger partial charge >= 0.3 is 19.5 Å². The van der Waals surface area contributed by atoms with E-state index in [-0.39, 0.29) is 5.56 Å². The van der Waals surface area contributed by atoms with E-state index in [1.807, 2.05) is 0 Å². The summed E-state index contributed by atoms with van der Waals surface area (Å²) in [7, 11) is -5.42. The van der Waals surface area contributed by atoms with Gasteiger partial charge in [-0.1, -0.05) is 30.3 Å². The first-order valence-electron chi connectivity index (χ1n) is 4.98. The molecule has 104 valence electrons. The Balaban J connectivity index is 3.52. The molecule has 0 aliphatic heterocycles. The summed E-state index contributed by atoms with van der Waals surface area (Å²) in [6.45, 7) is 0. The third kappa shape index (κ3) is 2.66. The second-order valence-electron chi connectivity index (χ2n) is 3.86. The van der Waals surface area contributed by atoms with Gasteiger partial charge in [0.15, 0.2) is 0 Å². The average Bonchev–Trinajstić information content (AvgIpc) is 2.28. The molecule has 1 rings (SSSR count). The zero-order chi connectivity index (χ0) is 14.8. The van der Waals surface area contributed by atoms with Gasteiger partial charge in [0.25, 0.3) is 0 Å². The number of carboxylic acids is 2. The molecule has 19 heavy (non-hydrogen) atoms. The van der Waals surface area contributed by atoms with Crippen molar-refractivity contribution in [3.63, 3.8) is 0 Å². The summed E-state index contributed by atoms with van der Waals surface area (Å²) in [5.74, 6) is -5.90. The first kappa shape index (κ1) is 15.3. The lowest BCUT2D eigenvalue weighted by molar-refractivity contribution is -0.149. The average molecular weight is 289 g/mol. The predicted molar refractivity (Wildman–Crippen MR) is 63.4 cm³/mol. The van der Waals surface area contributed by atoms with Gasteiger partial charge in [-0.25, -0.2) is 4.79 Å². The highest BCUT2D eigenvalue weighted by molar-refractivity contribution is 7.54. The van der Waals surface area contributed by atoms with Crippen molar-refractivity contribution in [3.8, 4) is 0 Å². The molecule has 2 unspecified atom stereocenters. The topological polar surface area (TPSA) is 158 Å². The Morgan fingerprint density at radius 3 is 1.95 bits per heavy atom. The van der Waals surface area contributed by atoms with Gasteiger partial charge < -0.3 is 25.7 Å². The van der Waals surface area contributed by atoms with Gasteiger partial charge in [0.05, 0.1) is 0 Å². The van der Waals surface area contributed by atoms with Gasteiger partial charge in [0, 0.05) is 0 Å². The van der Waals surface area contributed by atoms with Crippen LogP contribution in [0.25, 0.3) is 0 Å². The van der Waals surface area contributed by atoms with Crippen molar-refractivity contribution >= 4 is 19.5 Å². The zero-order valence-corrected chi connectivity index (χ0v) is 10.4. The van der Waals surface area contributed by atoms with E-state index in [0.717, 1.165) is 0 Å². The molecule has 0 fully saturated rings. The van der Waals surface area contributed by atoms with Crippen LogP contribution in [0.5, 0.6) is 0 Å². The molecule has 0 aliphatic rings. The minimum atomic E-state index is -5.42. The molecule has 1 aromatic rings. The zero-order valence-electron chi connectivity index (χ0n) is 9.50. The van der Waals surface area contributed by atoms with E-state index in [1.54, 1.807) is 6.07 Å². The molecule has 9 heteroatoms. The fourth-order valence-electron chi connectivity index (χ4n) is 1.65. The van der Waals surface area contributed by atoms with Crippen molar-refractivity contribution in [1.82, 2.24) is 0 Å². The molecular weight excluding hydrogens is 277 g/mol. The summed E-state index contributed by atoms with van der Waals surface area (Å²) in [5.41, 5.74) is 5.14. The highest BCUT2D eigenvalue weighted by Gasteiger charge is 2.60. The van der Waals surface area contributed by atoms with Crippen molar-refractivity contribution < 1.29 is 34.2 Å². The van der Waals surface area contributed by atoms with Crippen LogP contribution in [-0.4, -0.2) is 37.2 Å². The van der Waals surface area contributed by atoms with Gasteiger partial charge in [-0.15, -0.1) is 0 Å². The summed E-state index contributed by atoms with van der Waals surface area (Å²) in [5, 5.41) is 14.8. The number of nitrogens with two attached hydrogens (primary N) is 1. The first-order valence-corrected chi connectivity index (χ1v) is 6.59. The van der Waals surface area contributed by atoms with Gasteiger partial charge in [-0.3, -0.25) is 9.36 Å². The van der Waals surface area contributed by atoms with Crippen LogP contribution in [0, 0.1) is 0 Å². The summed E-state index contributed by atoms with van der Waals surface area (Å²) >= 11 is 0. The van der Waals surface area contributed by atoms with E-state index in [9.17, 15) is 14.2 Å². The Morgan fingerprint density at radius 1 is 1.16 bits per heavy atom. The van der Waals surface area contributed by atoms with E-state index in [1.165, 1.54) is 24.3 Å². The SMILES string of the molecule is NC(C(=O)O)(C(C(=O)O)c1ccccc1)P(=O)(O)O. The van der Waals surface area contributed by atoms with Crippen LogP contribution in [0.2, 0.25) is 0 Å². The molecule has 8 nitrogen and oxygen atoms in total. The highest BCUT2D eigenvalue weighted by atomic mass is 31.2. The van der Waals surface area contributed by atoms with Crippen molar-refractivity contribution in [2.45, 2.75) is 11.2 Å². The molecule has 1 aromatic carbocycles. The molecular formula is C10H12NO7P. The Bertz CT molecular complexity index is 540. The van der Waals surface area contributed by atoms with E-state index >= 15 is 0 Å². The van der Waals surface area contributed by atoms with E-state index in [2.05, 4.69) is 0 Å².